The van der Waals surface area contributed by atoms with Crippen molar-refractivity contribution in [3.63, 3.8) is 0 Å². The number of nitrogens with zero attached hydrogens (tertiary/aromatic N) is 2. The molecule has 0 radical (unpaired) electrons. The summed E-state index contributed by atoms with van der Waals surface area (Å²) in [6.45, 7) is 12.7. The number of hydrogen-bond acceptors (Lipinski definition) is 4. The maximum absolute atomic E-state index is 12.1. The minimum Gasteiger partial charge on any atom is -0.374 e. The molecule has 7 nitrogen and oxygen atoms in total. The summed E-state index contributed by atoms with van der Waals surface area (Å²) >= 11 is 5.85. The van der Waals surface area contributed by atoms with Gasteiger partial charge in [0.15, 0.2) is 5.96 Å². The van der Waals surface area contributed by atoms with E-state index in [2.05, 4.69) is 39.7 Å². The molecule has 0 bridgehead atoms. The summed E-state index contributed by atoms with van der Waals surface area (Å²) < 4.78 is 5.86. The highest BCUT2D eigenvalue weighted by molar-refractivity contribution is 14.0. The molecule has 0 aliphatic carbocycles. The Morgan fingerprint density at radius 1 is 1.23 bits per heavy atom. The number of ether oxygens (including phenoxy) is 1. The predicted octanol–water partition coefficient (Wildman–Crippen LogP) is 2.60. The maximum atomic E-state index is 12.1. The topological polar surface area (TPSA) is 78.0 Å². The first-order chi connectivity index (χ1) is 14.0. The third-order valence-electron chi connectivity index (χ3n) is 4.45. The van der Waals surface area contributed by atoms with Crippen LogP contribution in [0.1, 0.15) is 31.1 Å². The lowest BCUT2D eigenvalue weighted by molar-refractivity contribution is -0.0261. The molecule has 1 aromatic rings. The normalized spacial score (nSPS) is 17.4. The predicted molar refractivity (Wildman–Crippen MR) is 134 cm³/mol. The SMILES string of the molecule is CCNC(=NCC1CN(CC(C)C)CCO1)NCCNC(=O)c1ccc(Cl)cc1.I. The van der Waals surface area contributed by atoms with Crippen LogP contribution in [0.4, 0.5) is 0 Å². The van der Waals surface area contributed by atoms with Gasteiger partial charge in [-0.05, 0) is 37.1 Å². The van der Waals surface area contributed by atoms with Crippen LogP contribution >= 0.6 is 35.6 Å². The van der Waals surface area contributed by atoms with Crippen molar-refractivity contribution in [1.82, 2.24) is 20.9 Å². The fourth-order valence-corrected chi connectivity index (χ4v) is 3.29. The Labute approximate surface area is 202 Å². The quantitative estimate of drug-likeness (QED) is 0.190. The number of carbonyl (C=O) groups excluding carboxylic acids is 1. The molecular formula is C21H35ClIN5O2. The summed E-state index contributed by atoms with van der Waals surface area (Å²) in [5, 5.41) is 9.99. The van der Waals surface area contributed by atoms with Crippen LogP contribution in [-0.2, 0) is 4.74 Å². The lowest BCUT2D eigenvalue weighted by Crippen LogP contribution is -2.46. The highest BCUT2D eigenvalue weighted by atomic mass is 127. The van der Waals surface area contributed by atoms with Gasteiger partial charge in [0, 0.05) is 49.9 Å². The first kappa shape index (κ1) is 26.9. The molecule has 1 unspecified atom stereocenters. The van der Waals surface area contributed by atoms with Crippen molar-refractivity contribution in [2.45, 2.75) is 26.9 Å². The summed E-state index contributed by atoms with van der Waals surface area (Å²) in [6.07, 6.45) is 0.113. The average molecular weight is 552 g/mol. The molecule has 1 amide bonds. The van der Waals surface area contributed by atoms with E-state index in [0.717, 1.165) is 38.7 Å². The molecule has 3 N–H and O–H groups in total. The lowest BCUT2D eigenvalue weighted by Gasteiger charge is -2.33. The van der Waals surface area contributed by atoms with Crippen LogP contribution in [0.3, 0.4) is 0 Å². The number of aliphatic imine (C=N–C) groups is 1. The van der Waals surface area contributed by atoms with Crippen LogP contribution in [0.15, 0.2) is 29.3 Å². The van der Waals surface area contributed by atoms with Crippen molar-refractivity contribution < 1.29 is 9.53 Å². The van der Waals surface area contributed by atoms with Crippen LogP contribution < -0.4 is 16.0 Å². The second kappa shape index (κ2) is 14.8. The van der Waals surface area contributed by atoms with E-state index in [1.165, 1.54) is 0 Å². The van der Waals surface area contributed by atoms with Crippen molar-refractivity contribution in [3.8, 4) is 0 Å². The minimum atomic E-state index is -0.119. The van der Waals surface area contributed by atoms with Gasteiger partial charge >= 0.3 is 0 Å². The van der Waals surface area contributed by atoms with E-state index < -0.39 is 0 Å². The van der Waals surface area contributed by atoms with Gasteiger partial charge in [-0.1, -0.05) is 25.4 Å². The van der Waals surface area contributed by atoms with E-state index in [1.807, 2.05) is 6.92 Å². The van der Waals surface area contributed by atoms with Gasteiger partial charge in [-0.15, -0.1) is 24.0 Å². The second-order valence-corrected chi connectivity index (χ2v) is 7.99. The lowest BCUT2D eigenvalue weighted by atomic mass is 10.2. The Bertz CT molecular complexity index is 657. The van der Waals surface area contributed by atoms with E-state index in [1.54, 1.807) is 24.3 Å². The molecule has 9 heteroatoms. The van der Waals surface area contributed by atoms with Crippen molar-refractivity contribution in [1.29, 1.82) is 0 Å². The molecule has 1 heterocycles. The highest BCUT2D eigenvalue weighted by Gasteiger charge is 2.20. The van der Waals surface area contributed by atoms with Gasteiger partial charge in [0.1, 0.15) is 0 Å². The summed E-state index contributed by atoms with van der Waals surface area (Å²) in [7, 11) is 0. The Morgan fingerprint density at radius 3 is 2.60 bits per heavy atom. The number of morpholine rings is 1. The molecule has 0 aromatic heterocycles. The summed E-state index contributed by atoms with van der Waals surface area (Å²) in [4.78, 5) is 19.2. The standard InChI is InChI=1S/C21H34ClN5O2.HI/c1-4-23-21(26-13-19-15-27(11-12-29-19)14-16(2)3)25-10-9-24-20(28)17-5-7-18(22)8-6-17;/h5-8,16,19H,4,9-15H2,1-3H3,(H,24,28)(H2,23,25,26);1H. The highest BCUT2D eigenvalue weighted by Crippen LogP contribution is 2.09. The molecular weight excluding hydrogens is 517 g/mol. The molecule has 30 heavy (non-hydrogen) atoms. The zero-order valence-corrected chi connectivity index (χ0v) is 21.2. The number of benzene rings is 1. The van der Waals surface area contributed by atoms with Crippen molar-refractivity contribution in [3.05, 3.63) is 34.9 Å². The number of amides is 1. The number of carbonyl (C=O) groups is 1. The van der Waals surface area contributed by atoms with Crippen LogP contribution in [0, 0.1) is 5.92 Å². The fraction of sp³-hybridized carbons (Fsp3) is 0.619. The average Bonchev–Trinajstić information content (AvgIpc) is 2.69. The smallest absolute Gasteiger partial charge is 0.251 e. The van der Waals surface area contributed by atoms with E-state index in [4.69, 9.17) is 16.3 Å². The first-order valence-corrected chi connectivity index (χ1v) is 10.8. The maximum Gasteiger partial charge on any atom is 0.251 e. The summed E-state index contributed by atoms with van der Waals surface area (Å²) in [6, 6.07) is 6.84. The van der Waals surface area contributed by atoms with Gasteiger partial charge in [0.25, 0.3) is 5.91 Å². The molecule has 1 aliphatic rings. The van der Waals surface area contributed by atoms with Gasteiger partial charge < -0.3 is 20.7 Å². The third kappa shape index (κ3) is 10.3. The number of halogens is 2. The number of nitrogens with one attached hydrogen (secondary N) is 3. The van der Waals surface area contributed by atoms with Crippen molar-refractivity contribution >= 4 is 47.4 Å². The van der Waals surface area contributed by atoms with Crippen LogP contribution in [0.25, 0.3) is 0 Å². The molecule has 0 saturated carbocycles. The van der Waals surface area contributed by atoms with Crippen LogP contribution in [0.2, 0.25) is 5.02 Å². The van der Waals surface area contributed by atoms with Gasteiger partial charge in [0.05, 0.1) is 19.3 Å². The first-order valence-electron chi connectivity index (χ1n) is 10.4. The monoisotopic (exact) mass is 551 g/mol. The van der Waals surface area contributed by atoms with E-state index in [-0.39, 0.29) is 36.0 Å². The largest absolute Gasteiger partial charge is 0.374 e. The number of guanidine groups is 1. The minimum absolute atomic E-state index is 0. The van der Waals surface area contributed by atoms with Crippen LogP contribution in [-0.4, -0.2) is 75.3 Å². The molecule has 1 saturated heterocycles. The molecule has 170 valence electrons. The Morgan fingerprint density at radius 2 is 1.93 bits per heavy atom. The zero-order valence-electron chi connectivity index (χ0n) is 18.1. The Hall–Kier alpha value is -1.10. The van der Waals surface area contributed by atoms with Gasteiger partial charge in [-0.25, -0.2) is 0 Å². The third-order valence-corrected chi connectivity index (χ3v) is 4.70. The molecule has 0 spiro atoms. The van der Waals surface area contributed by atoms with Gasteiger partial charge in [-0.2, -0.15) is 0 Å². The van der Waals surface area contributed by atoms with Crippen LogP contribution in [0.5, 0.6) is 0 Å². The molecule has 1 atom stereocenters. The molecule has 1 fully saturated rings. The van der Waals surface area contributed by atoms with Gasteiger partial charge in [-0.3, -0.25) is 14.7 Å². The summed E-state index contributed by atoms with van der Waals surface area (Å²) in [5.41, 5.74) is 0.593. The molecule has 1 aromatic carbocycles. The Balaban J connectivity index is 0.00000450. The van der Waals surface area contributed by atoms with Crippen molar-refractivity contribution in [2.24, 2.45) is 10.9 Å². The van der Waals surface area contributed by atoms with E-state index >= 15 is 0 Å². The van der Waals surface area contributed by atoms with E-state index in [9.17, 15) is 4.79 Å². The summed E-state index contributed by atoms with van der Waals surface area (Å²) in [5.74, 6) is 1.27. The number of rotatable bonds is 9. The fourth-order valence-electron chi connectivity index (χ4n) is 3.17. The van der Waals surface area contributed by atoms with Gasteiger partial charge in [0.2, 0.25) is 0 Å². The second-order valence-electron chi connectivity index (χ2n) is 7.56. The van der Waals surface area contributed by atoms with Crippen molar-refractivity contribution in [2.75, 3.05) is 52.4 Å². The molecule has 1 aliphatic heterocycles. The number of hydrogen-bond donors (Lipinski definition) is 3. The molecule has 2 rings (SSSR count). The zero-order chi connectivity index (χ0) is 21.1. The Kier molecular flexibility index (Phi) is 13.3. The van der Waals surface area contributed by atoms with E-state index in [0.29, 0.717) is 36.1 Å².